The van der Waals surface area contributed by atoms with Crippen molar-refractivity contribution in [1.82, 2.24) is 10.2 Å². The van der Waals surface area contributed by atoms with Gasteiger partial charge in [-0.15, -0.1) is 11.8 Å². The summed E-state index contributed by atoms with van der Waals surface area (Å²) < 4.78 is 0. The zero-order chi connectivity index (χ0) is 14.5. The highest BCUT2D eigenvalue weighted by Crippen LogP contribution is 2.16. The lowest BCUT2D eigenvalue weighted by atomic mass is 10.2. The Hall–Kier alpha value is -2.48. The third kappa shape index (κ3) is 2.91. The van der Waals surface area contributed by atoms with Gasteiger partial charge in [0.2, 0.25) is 0 Å². The molecule has 0 aliphatic carbocycles. The number of nitrogens with zero attached hydrogens (tertiary/aromatic N) is 2. The van der Waals surface area contributed by atoms with Crippen LogP contribution in [0.2, 0.25) is 0 Å². The van der Waals surface area contributed by atoms with E-state index in [1.54, 1.807) is 23.9 Å². The number of hydrogen-bond donors (Lipinski definition) is 4. The van der Waals surface area contributed by atoms with E-state index in [1.165, 1.54) is 6.20 Å². The highest BCUT2D eigenvalue weighted by atomic mass is 32.2. The van der Waals surface area contributed by atoms with Crippen molar-refractivity contribution in [3.05, 3.63) is 41.6 Å². The van der Waals surface area contributed by atoms with Crippen LogP contribution in [0.25, 0.3) is 0 Å². The zero-order valence-electron chi connectivity index (χ0n) is 10.6. The number of carbonyl (C=O) groups is 1. The Labute approximate surface area is 119 Å². The fourth-order valence-corrected chi connectivity index (χ4v) is 1.97. The van der Waals surface area contributed by atoms with Gasteiger partial charge in [0.1, 0.15) is 5.82 Å². The molecule has 0 atom stereocenters. The van der Waals surface area contributed by atoms with Crippen LogP contribution in [0.5, 0.6) is 0 Å². The Balaban J connectivity index is 2.17. The van der Waals surface area contributed by atoms with Crippen LogP contribution in [-0.4, -0.2) is 33.4 Å². The molecule has 0 saturated heterocycles. The second-order valence-corrected chi connectivity index (χ2v) is 4.71. The third-order valence-electron chi connectivity index (χ3n) is 2.61. The minimum Gasteiger partial charge on any atom is -0.409 e. The quantitative estimate of drug-likeness (QED) is 0.224. The molecular formula is C12H13N5O2S. The Morgan fingerprint density at radius 3 is 2.75 bits per heavy atom. The van der Waals surface area contributed by atoms with Crippen molar-refractivity contribution >= 4 is 29.3 Å². The van der Waals surface area contributed by atoms with Gasteiger partial charge in [0.15, 0.2) is 5.84 Å². The van der Waals surface area contributed by atoms with Crippen LogP contribution in [-0.2, 0) is 0 Å². The molecule has 0 aliphatic rings. The average Bonchev–Trinajstić information content (AvgIpc) is 2.94. The fraction of sp³-hybridized carbons (Fsp3) is 0.0833. The van der Waals surface area contributed by atoms with Crippen molar-refractivity contribution in [3.8, 4) is 0 Å². The molecule has 0 fully saturated rings. The standard InChI is InChI=1S/C12H13N5O2S/c1-20-8-4-2-7(3-5-8)12(18)15-11-9(6-14-16-11)10(13)17-19/h2-6,19H,1H3,(H2,13,17)(H2,14,15,16,18). The van der Waals surface area contributed by atoms with Crippen LogP contribution in [0.15, 0.2) is 40.5 Å². The number of H-pyrrole nitrogens is 1. The lowest BCUT2D eigenvalue weighted by molar-refractivity contribution is 0.102. The van der Waals surface area contributed by atoms with E-state index < -0.39 is 0 Å². The number of oxime groups is 1. The monoisotopic (exact) mass is 291 g/mol. The van der Waals surface area contributed by atoms with Gasteiger partial charge in [0.25, 0.3) is 5.91 Å². The maximum atomic E-state index is 12.1. The van der Waals surface area contributed by atoms with Gasteiger partial charge in [0.05, 0.1) is 11.8 Å². The molecule has 20 heavy (non-hydrogen) atoms. The number of aromatic amines is 1. The number of anilines is 1. The number of carbonyl (C=O) groups excluding carboxylic acids is 1. The predicted molar refractivity (Wildman–Crippen MR) is 77.3 cm³/mol. The summed E-state index contributed by atoms with van der Waals surface area (Å²) >= 11 is 1.60. The van der Waals surface area contributed by atoms with Crippen LogP contribution in [0.4, 0.5) is 5.82 Å². The molecule has 1 amide bonds. The van der Waals surface area contributed by atoms with Gasteiger partial charge < -0.3 is 16.3 Å². The molecule has 0 radical (unpaired) electrons. The number of nitrogens with one attached hydrogen (secondary N) is 2. The van der Waals surface area contributed by atoms with E-state index in [0.29, 0.717) is 11.1 Å². The maximum absolute atomic E-state index is 12.1. The van der Waals surface area contributed by atoms with Gasteiger partial charge in [-0.25, -0.2) is 0 Å². The van der Waals surface area contributed by atoms with Gasteiger partial charge in [-0.3, -0.25) is 9.89 Å². The number of amidine groups is 1. The lowest BCUT2D eigenvalue weighted by Gasteiger charge is -2.05. The van der Waals surface area contributed by atoms with Crippen LogP contribution >= 0.6 is 11.8 Å². The molecule has 104 valence electrons. The lowest BCUT2D eigenvalue weighted by Crippen LogP contribution is -2.18. The van der Waals surface area contributed by atoms with Gasteiger partial charge in [-0.1, -0.05) is 5.16 Å². The van der Waals surface area contributed by atoms with Crippen molar-refractivity contribution in [1.29, 1.82) is 0 Å². The summed E-state index contributed by atoms with van der Waals surface area (Å²) in [6, 6.07) is 7.16. The maximum Gasteiger partial charge on any atom is 0.256 e. The summed E-state index contributed by atoms with van der Waals surface area (Å²) in [5.74, 6) is -0.167. The molecule has 1 aromatic heterocycles. The van der Waals surface area contributed by atoms with Gasteiger partial charge in [-0.2, -0.15) is 5.10 Å². The van der Waals surface area contributed by atoms with Crippen molar-refractivity contribution < 1.29 is 10.0 Å². The molecule has 5 N–H and O–H groups in total. The molecule has 1 aromatic carbocycles. The van der Waals surface area contributed by atoms with E-state index in [1.807, 2.05) is 18.4 Å². The topological polar surface area (TPSA) is 116 Å². The summed E-state index contributed by atoms with van der Waals surface area (Å²) in [7, 11) is 0. The first-order valence-corrected chi connectivity index (χ1v) is 6.85. The number of rotatable bonds is 4. The fourth-order valence-electron chi connectivity index (χ4n) is 1.56. The van der Waals surface area contributed by atoms with Crippen LogP contribution in [0.1, 0.15) is 15.9 Å². The van der Waals surface area contributed by atoms with E-state index in [9.17, 15) is 4.79 Å². The molecule has 8 heteroatoms. The second-order valence-electron chi connectivity index (χ2n) is 3.83. The highest BCUT2D eigenvalue weighted by Gasteiger charge is 2.13. The molecule has 7 nitrogen and oxygen atoms in total. The Bertz CT molecular complexity index is 636. The number of nitrogens with two attached hydrogens (primary N) is 1. The Kier molecular flexibility index (Phi) is 4.26. The Morgan fingerprint density at radius 1 is 1.45 bits per heavy atom. The molecule has 0 bridgehead atoms. The molecule has 2 rings (SSSR count). The minimum absolute atomic E-state index is 0.133. The normalized spacial score (nSPS) is 11.3. The zero-order valence-corrected chi connectivity index (χ0v) is 11.4. The summed E-state index contributed by atoms with van der Waals surface area (Å²) in [4.78, 5) is 13.1. The summed E-state index contributed by atoms with van der Waals surface area (Å²) in [6.07, 6.45) is 3.32. The second kappa shape index (κ2) is 6.11. The van der Waals surface area contributed by atoms with E-state index in [0.717, 1.165) is 4.90 Å². The number of aromatic nitrogens is 2. The van der Waals surface area contributed by atoms with E-state index in [4.69, 9.17) is 10.9 Å². The molecule has 0 unspecified atom stereocenters. The smallest absolute Gasteiger partial charge is 0.256 e. The van der Waals surface area contributed by atoms with E-state index >= 15 is 0 Å². The van der Waals surface area contributed by atoms with Crippen LogP contribution < -0.4 is 11.1 Å². The van der Waals surface area contributed by atoms with Gasteiger partial charge >= 0.3 is 0 Å². The van der Waals surface area contributed by atoms with E-state index in [-0.39, 0.29) is 17.6 Å². The minimum atomic E-state index is -0.311. The number of benzene rings is 1. The summed E-state index contributed by atoms with van der Waals surface area (Å²) in [6.45, 7) is 0. The van der Waals surface area contributed by atoms with Gasteiger partial charge in [-0.05, 0) is 30.5 Å². The summed E-state index contributed by atoms with van der Waals surface area (Å²) in [5, 5.41) is 20.5. The van der Waals surface area contributed by atoms with Crippen LogP contribution in [0, 0.1) is 0 Å². The first-order valence-electron chi connectivity index (χ1n) is 5.62. The first kappa shape index (κ1) is 13.9. The first-order chi connectivity index (χ1) is 9.65. The average molecular weight is 291 g/mol. The SMILES string of the molecule is CSc1ccc(C(=O)Nc2[nH]ncc2C(N)=NO)cc1. The number of thioether (sulfide) groups is 1. The van der Waals surface area contributed by atoms with Crippen molar-refractivity contribution in [3.63, 3.8) is 0 Å². The highest BCUT2D eigenvalue weighted by molar-refractivity contribution is 7.98. The molecular weight excluding hydrogens is 278 g/mol. The molecule has 0 aliphatic heterocycles. The van der Waals surface area contributed by atoms with Crippen LogP contribution in [0.3, 0.4) is 0 Å². The summed E-state index contributed by atoms with van der Waals surface area (Å²) in [5.41, 5.74) is 6.30. The molecule has 0 saturated carbocycles. The number of hydrogen-bond acceptors (Lipinski definition) is 5. The van der Waals surface area contributed by atoms with Crippen molar-refractivity contribution in [2.24, 2.45) is 10.9 Å². The third-order valence-corrected chi connectivity index (χ3v) is 3.36. The predicted octanol–water partition coefficient (Wildman–Crippen LogP) is 1.48. The van der Waals surface area contributed by atoms with Crippen molar-refractivity contribution in [2.75, 3.05) is 11.6 Å². The molecule has 2 aromatic rings. The van der Waals surface area contributed by atoms with E-state index in [2.05, 4.69) is 20.7 Å². The molecule has 1 heterocycles. The Morgan fingerprint density at radius 2 is 2.15 bits per heavy atom. The largest absolute Gasteiger partial charge is 0.409 e. The number of amides is 1. The van der Waals surface area contributed by atoms with Crippen molar-refractivity contribution in [2.45, 2.75) is 4.90 Å². The van der Waals surface area contributed by atoms with Gasteiger partial charge in [0, 0.05) is 10.5 Å². The molecule has 0 spiro atoms.